The van der Waals surface area contributed by atoms with Gasteiger partial charge in [0.05, 0.1) is 17.7 Å². The van der Waals surface area contributed by atoms with E-state index >= 15 is 0 Å². The van der Waals surface area contributed by atoms with E-state index in [1.807, 2.05) is 0 Å². The Morgan fingerprint density at radius 2 is 2.14 bits per heavy atom. The molecule has 1 aromatic heterocycles. The van der Waals surface area contributed by atoms with Crippen LogP contribution in [0.1, 0.15) is 32.2 Å². The number of thioether (sulfide) groups is 1. The number of aromatic nitrogens is 4. The van der Waals surface area contributed by atoms with Crippen molar-refractivity contribution in [1.29, 1.82) is 0 Å². The topological polar surface area (TPSA) is 101 Å². The number of amides is 1. The Balaban J connectivity index is 1.57. The molecule has 2 heterocycles. The van der Waals surface area contributed by atoms with E-state index in [1.54, 1.807) is 16.5 Å². The fourth-order valence-electron chi connectivity index (χ4n) is 2.66. The fraction of sp³-hybridized carbons (Fsp3) is 0.750. The zero-order chi connectivity index (χ0) is 15.0. The van der Waals surface area contributed by atoms with E-state index in [9.17, 15) is 9.59 Å². The fourth-order valence-corrected chi connectivity index (χ4v) is 3.49. The van der Waals surface area contributed by atoms with E-state index in [-0.39, 0.29) is 17.7 Å². The molecule has 1 aromatic rings. The van der Waals surface area contributed by atoms with Crippen molar-refractivity contribution in [3.63, 3.8) is 0 Å². The van der Waals surface area contributed by atoms with Crippen LogP contribution in [-0.2, 0) is 9.59 Å². The van der Waals surface area contributed by atoms with Crippen molar-refractivity contribution in [2.24, 2.45) is 5.92 Å². The normalized spacial score (nSPS) is 25.3. The van der Waals surface area contributed by atoms with Crippen LogP contribution >= 0.6 is 11.8 Å². The molecule has 0 spiro atoms. The molecule has 3 rings (SSSR count). The van der Waals surface area contributed by atoms with Crippen molar-refractivity contribution in [3.05, 3.63) is 0 Å². The molecule has 1 saturated heterocycles. The number of carbonyl (C=O) groups is 2. The molecule has 8 nitrogen and oxygen atoms in total. The van der Waals surface area contributed by atoms with Crippen molar-refractivity contribution in [2.75, 3.05) is 12.3 Å². The molecule has 0 aromatic carbocycles. The van der Waals surface area contributed by atoms with E-state index < -0.39 is 11.9 Å². The number of hydrogen-bond donors (Lipinski definition) is 1. The van der Waals surface area contributed by atoms with Crippen molar-refractivity contribution in [3.8, 4) is 0 Å². The summed E-state index contributed by atoms with van der Waals surface area (Å²) in [7, 11) is 0. The highest BCUT2D eigenvalue weighted by Crippen LogP contribution is 2.36. The van der Waals surface area contributed by atoms with E-state index in [0.717, 1.165) is 12.8 Å². The summed E-state index contributed by atoms with van der Waals surface area (Å²) in [5, 5.41) is 21.3. The van der Waals surface area contributed by atoms with Crippen LogP contribution in [0, 0.1) is 5.92 Å². The third-order valence-electron chi connectivity index (χ3n) is 4.07. The van der Waals surface area contributed by atoms with Gasteiger partial charge >= 0.3 is 5.97 Å². The van der Waals surface area contributed by atoms with Gasteiger partial charge in [-0.25, -0.2) is 4.68 Å². The van der Waals surface area contributed by atoms with Gasteiger partial charge in [0, 0.05) is 12.6 Å². The second kappa shape index (κ2) is 5.63. The molecule has 2 fully saturated rings. The second-order valence-corrected chi connectivity index (χ2v) is 6.43. The van der Waals surface area contributed by atoms with Crippen molar-refractivity contribution in [1.82, 2.24) is 25.1 Å². The standard InChI is InChI=1S/C12H17N5O3S/c1-7-9(11(19)20)4-5-16(7)10(18)6-21-12-13-14-15-17(12)8-2-3-8/h7-9H,2-6H2,1H3,(H,19,20). The molecular weight excluding hydrogens is 294 g/mol. The summed E-state index contributed by atoms with van der Waals surface area (Å²) in [5.74, 6) is -1.11. The van der Waals surface area contributed by atoms with Gasteiger partial charge < -0.3 is 10.0 Å². The van der Waals surface area contributed by atoms with Crippen molar-refractivity contribution in [2.45, 2.75) is 43.4 Å². The van der Waals surface area contributed by atoms with Crippen LogP contribution < -0.4 is 0 Å². The van der Waals surface area contributed by atoms with Crippen LogP contribution in [0.2, 0.25) is 0 Å². The largest absolute Gasteiger partial charge is 0.481 e. The van der Waals surface area contributed by atoms with Crippen LogP contribution in [0.3, 0.4) is 0 Å². The van der Waals surface area contributed by atoms with E-state index in [1.165, 1.54) is 11.8 Å². The molecule has 1 aliphatic heterocycles. The van der Waals surface area contributed by atoms with Gasteiger partial charge in [0.25, 0.3) is 0 Å². The second-order valence-electron chi connectivity index (χ2n) is 5.49. The molecule has 2 aliphatic rings. The zero-order valence-corrected chi connectivity index (χ0v) is 12.5. The quantitative estimate of drug-likeness (QED) is 0.786. The summed E-state index contributed by atoms with van der Waals surface area (Å²) in [5.41, 5.74) is 0. The molecule has 1 N–H and O–H groups in total. The number of carboxylic acids is 1. The predicted octanol–water partition coefficient (Wildman–Crippen LogP) is 0.422. The monoisotopic (exact) mass is 311 g/mol. The lowest BCUT2D eigenvalue weighted by molar-refractivity contribution is -0.142. The molecule has 21 heavy (non-hydrogen) atoms. The van der Waals surface area contributed by atoms with Gasteiger partial charge in [-0.15, -0.1) is 5.10 Å². The number of likely N-dealkylation sites (tertiary alicyclic amines) is 1. The van der Waals surface area contributed by atoms with Crippen molar-refractivity contribution >= 4 is 23.6 Å². The maximum absolute atomic E-state index is 12.3. The Labute approximate surface area is 125 Å². The molecule has 1 saturated carbocycles. The first-order valence-corrected chi connectivity index (χ1v) is 7.99. The van der Waals surface area contributed by atoms with Gasteiger partial charge in [0.2, 0.25) is 11.1 Å². The minimum Gasteiger partial charge on any atom is -0.481 e. The Morgan fingerprint density at radius 1 is 1.38 bits per heavy atom. The molecule has 2 unspecified atom stereocenters. The molecule has 1 amide bonds. The van der Waals surface area contributed by atoms with E-state index in [4.69, 9.17) is 5.11 Å². The molecule has 0 bridgehead atoms. The van der Waals surface area contributed by atoms with Gasteiger partial charge in [-0.2, -0.15) is 0 Å². The summed E-state index contributed by atoms with van der Waals surface area (Å²) < 4.78 is 1.77. The molecular formula is C12H17N5O3S. The molecule has 0 radical (unpaired) electrons. The predicted molar refractivity (Wildman–Crippen MR) is 73.7 cm³/mol. The number of carbonyl (C=O) groups excluding carboxylic acids is 1. The summed E-state index contributed by atoms with van der Waals surface area (Å²) in [6, 6.07) is 0.120. The number of carboxylic acid groups (broad SMARTS) is 1. The highest BCUT2D eigenvalue weighted by Gasteiger charge is 2.38. The summed E-state index contributed by atoms with van der Waals surface area (Å²) in [6.07, 6.45) is 2.68. The lowest BCUT2D eigenvalue weighted by Crippen LogP contribution is -2.38. The van der Waals surface area contributed by atoms with E-state index in [2.05, 4.69) is 15.5 Å². The number of tetrazole rings is 1. The van der Waals surface area contributed by atoms with Gasteiger partial charge in [-0.3, -0.25) is 9.59 Å². The Bertz CT molecular complexity index is 559. The summed E-state index contributed by atoms with van der Waals surface area (Å²) >= 11 is 1.32. The molecule has 2 atom stereocenters. The lowest BCUT2D eigenvalue weighted by atomic mass is 10.0. The van der Waals surface area contributed by atoms with Crippen LogP contribution in [-0.4, -0.2) is 60.4 Å². The van der Waals surface area contributed by atoms with Crippen LogP contribution in [0.15, 0.2) is 5.16 Å². The smallest absolute Gasteiger partial charge is 0.308 e. The summed E-state index contributed by atoms with van der Waals surface area (Å²) in [4.78, 5) is 25.0. The SMILES string of the molecule is CC1C(C(=O)O)CCN1C(=O)CSc1nnnn1C1CC1. The van der Waals surface area contributed by atoms with Crippen LogP contribution in [0.25, 0.3) is 0 Å². The number of rotatable bonds is 5. The van der Waals surface area contributed by atoms with Gasteiger partial charge in [0.1, 0.15) is 0 Å². The molecule has 1 aliphatic carbocycles. The van der Waals surface area contributed by atoms with Crippen LogP contribution in [0.4, 0.5) is 0 Å². The molecule has 114 valence electrons. The summed E-state index contributed by atoms with van der Waals surface area (Å²) in [6.45, 7) is 2.30. The number of aliphatic carboxylic acids is 1. The highest BCUT2D eigenvalue weighted by atomic mass is 32.2. The van der Waals surface area contributed by atoms with Gasteiger partial charge in [-0.05, 0) is 36.6 Å². The average molecular weight is 311 g/mol. The first kappa shape index (κ1) is 14.3. The first-order chi connectivity index (χ1) is 10.1. The lowest BCUT2D eigenvalue weighted by Gasteiger charge is -2.23. The van der Waals surface area contributed by atoms with Gasteiger partial charge in [0.15, 0.2) is 0 Å². The minimum absolute atomic E-state index is 0.0541. The Kier molecular flexibility index (Phi) is 3.83. The third kappa shape index (κ3) is 2.87. The Morgan fingerprint density at radius 3 is 2.76 bits per heavy atom. The maximum atomic E-state index is 12.3. The minimum atomic E-state index is -0.830. The number of hydrogen-bond acceptors (Lipinski definition) is 6. The average Bonchev–Trinajstić information content (AvgIpc) is 3.05. The zero-order valence-electron chi connectivity index (χ0n) is 11.7. The van der Waals surface area contributed by atoms with Gasteiger partial charge in [-0.1, -0.05) is 11.8 Å². The van der Waals surface area contributed by atoms with E-state index in [0.29, 0.717) is 24.2 Å². The first-order valence-electron chi connectivity index (χ1n) is 7.01. The third-order valence-corrected chi connectivity index (χ3v) is 4.99. The number of nitrogens with zero attached hydrogens (tertiary/aromatic N) is 5. The maximum Gasteiger partial charge on any atom is 0.308 e. The Hall–Kier alpha value is -1.64. The van der Waals surface area contributed by atoms with Crippen LogP contribution in [0.5, 0.6) is 0 Å². The highest BCUT2D eigenvalue weighted by molar-refractivity contribution is 7.99. The molecule has 9 heteroatoms. The van der Waals surface area contributed by atoms with Crippen molar-refractivity contribution < 1.29 is 14.7 Å².